The van der Waals surface area contributed by atoms with E-state index in [1.54, 1.807) is 0 Å². The zero-order valence-corrected chi connectivity index (χ0v) is 11.8. The number of hydrogen-bond acceptors (Lipinski definition) is 3. The first kappa shape index (κ1) is 12.7. The smallest absolute Gasteiger partial charge is 0.226 e. The molecule has 1 aromatic heterocycles. The molecule has 2 aliphatic rings. The van der Waals surface area contributed by atoms with Crippen LogP contribution in [0.2, 0.25) is 0 Å². The Morgan fingerprint density at radius 3 is 2.58 bits per heavy atom. The molecule has 0 bridgehead atoms. The summed E-state index contributed by atoms with van der Waals surface area (Å²) in [4.78, 5) is 14.7. The molecule has 1 aromatic rings. The van der Waals surface area contributed by atoms with Crippen molar-refractivity contribution in [3.05, 3.63) is 17.0 Å². The van der Waals surface area contributed by atoms with E-state index in [1.165, 1.54) is 12.8 Å². The second-order valence-corrected chi connectivity index (χ2v) is 5.91. The van der Waals surface area contributed by atoms with Crippen LogP contribution in [-0.2, 0) is 4.79 Å². The Balaban J connectivity index is 1.83. The number of amides is 1. The van der Waals surface area contributed by atoms with Gasteiger partial charge < -0.3 is 9.42 Å². The van der Waals surface area contributed by atoms with Crippen LogP contribution >= 0.6 is 0 Å². The van der Waals surface area contributed by atoms with Crippen LogP contribution in [0, 0.1) is 19.8 Å². The van der Waals surface area contributed by atoms with Crippen molar-refractivity contribution in [2.45, 2.75) is 58.4 Å². The summed E-state index contributed by atoms with van der Waals surface area (Å²) in [7, 11) is 0. The van der Waals surface area contributed by atoms with E-state index >= 15 is 0 Å². The zero-order chi connectivity index (χ0) is 13.4. The van der Waals surface area contributed by atoms with E-state index in [-0.39, 0.29) is 12.0 Å². The minimum Gasteiger partial charge on any atom is -0.361 e. The van der Waals surface area contributed by atoms with Crippen molar-refractivity contribution in [2.75, 3.05) is 6.54 Å². The maximum Gasteiger partial charge on any atom is 0.226 e. The third-order valence-corrected chi connectivity index (χ3v) is 4.66. The summed E-state index contributed by atoms with van der Waals surface area (Å²) < 4.78 is 5.27. The SMILES string of the molecule is Cc1noc(C)c1[C@@H]1CCCN1C(=O)C1CCCC1. The fourth-order valence-electron chi connectivity index (χ4n) is 3.70. The Hall–Kier alpha value is -1.32. The molecule has 0 unspecified atom stereocenters. The molecule has 0 spiro atoms. The summed E-state index contributed by atoms with van der Waals surface area (Å²) in [5.41, 5.74) is 2.08. The van der Waals surface area contributed by atoms with Gasteiger partial charge in [0.05, 0.1) is 11.7 Å². The normalized spacial score (nSPS) is 24.3. The van der Waals surface area contributed by atoms with Crippen LogP contribution in [0.5, 0.6) is 0 Å². The van der Waals surface area contributed by atoms with Crippen molar-refractivity contribution in [3.8, 4) is 0 Å². The molecule has 19 heavy (non-hydrogen) atoms. The van der Waals surface area contributed by atoms with E-state index in [9.17, 15) is 4.79 Å². The van der Waals surface area contributed by atoms with E-state index in [1.807, 2.05) is 13.8 Å². The standard InChI is InChI=1S/C15H22N2O2/c1-10-14(11(2)19-16-10)13-8-5-9-17(13)15(18)12-6-3-4-7-12/h12-13H,3-9H2,1-2H3/t13-/m0/s1. The van der Waals surface area contributed by atoms with Crippen LogP contribution in [0.3, 0.4) is 0 Å². The molecule has 1 amide bonds. The lowest BCUT2D eigenvalue weighted by atomic mass is 10.0. The van der Waals surface area contributed by atoms with Gasteiger partial charge in [0.1, 0.15) is 5.76 Å². The number of likely N-dealkylation sites (tertiary alicyclic amines) is 1. The van der Waals surface area contributed by atoms with Crippen LogP contribution in [-0.4, -0.2) is 22.5 Å². The van der Waals surface area contributed by atoms with Gasteiger partial charge in [-0.05, 0) is 39.5 Å². The predicted molar refractivity (Wildman–Crippen MR) is 71.6 cm³/mol. The molecule has 1 aliphatic carbocycles. The number of nitrogens with zero attached hydrogens (tertiary/aromatic N) is 2. The van der Waals surface area contributed by atoms with Crippen molar-refractivity contribution >= 4 is 5.91 Å². The summed E-state index contributed by atoms with van der Waals surface area (Å²) in [6.45, 7) is 4.82. The van der Waals surface area contributed by atoms with Gasteiger partial charge in [0.25, 0.3) is 0 Å². The molecule has 3 rings (SSSR count). The summed E-state index contributed by atoms with van der Waals surface area (Å²) >= 11 is 0. The molecule has 104 valence electrons. The third kappa shape index (κ3) is 2.17. The maximum absolute atomic E-state index is 12.7. The van der Waals surface area contributed by atoms with Crippen molar-refractivity contribution in [1.82, 2.24) is 10.1 Å². The van der Waals surface area contributed by atoms with E-state index in [4.69, 9.17) is 4.52 Å². The molecule has 2 fully saturated rings. The van der Waals surface area contributed by atoms with Crippen LogP contribution in [0.25, 0.3) is 0 Å². The number of rotatable bonds is 2. The first-order chi connectivity index (χ1) is 9.18. The second kappa shape index (κ2) is 4.99. The minimum absolute atomic E-state index is 0.194. The van der Waals surface area contributed by atoms with Crippen molar-refractivity contribution in [2.24, 2.45) is 5.92 Å². The number of carbonyl (C=O) groups is 1. The van der Waals surface area contributed by atoms with Gasteiger partial charge in [-0.2, -0.15) is 0 Å². The predicted octanol–water partition coefficient (Wildman–Crippen LogP) is 3.15. The first-order valence-electron chi connectivity index (χ1n) is 7.41. The van der Waals surface area contributed by atoms with Crippen molar-refractivity contribution in [1.29, 1.82) is 0 Å². The number of hydrogen-bond donors (Lipinski definition) is 0. The van der Waals surface area contributed by atoms with Crippen molar-refractivity contribution in [3.63, 3.8) is 0 Å². The molecule has 0 radical (unpaired) electrons. The largest absolute Gasteiger partial charge is 0.361 e. The highest BCUT2D eigenvalue weighted by molar-refractivity contribution is 5.80. The van der Waals surface area contributed by atoms with Gasteiger partial charge in [-0.1, -0.05) is 18.0 Å². The summed E-state index contributed by atoms with van der Waals surface area (Å²) in [6.07, 6.45) is 6.70. The molecule has 1 aliphatic heterocycles. The van der Waals surface area contributed by atoms with Gasteiger partial charge in [0, 0.05) is 18.0 Å². The van der Waals surface area contributed by atoms with Gasteiger partial charge in [-0.3, -0.25) is 4.79 Å². The number of aryl methyl sites for hydroxylation is 2. The summed E-state index contributed by atoms with van der Waals surface area (Å²) in [6, 6.07) is 0.194. The van der Waals surface area contributed by atoms with Gasteiger partial charge in [-0.25, -0.2) is 0 Å². The van der Waals surface area contributed by atoms with Crippen LogP contribution in [0.4, 0.5) is 0 Å². The molecular formula is C15H22N2O2. The third-order valence-electron chi connectivity index (χ3n) is 4.66. The Kier molecular flexibility index (Phi) is 3.33. The zero-order valence-electron chi connectivity index (χ0n) is 11.8. The minimum atomic E-state index is 0.194. The highest BCUT2D eigenvalue weighted by Gasteiger charge is 2.37. The summed E-state index contributed by atoms with van der Waals surface area (Å²) in [5.74, 6) is 1.50. The number of aromatic nitrogens is 1. The second-order valence-electron chi connectivity index (χ2n) is 5.91. The van der Waals surface area contributed by atoms with Gasteiger partial charge >= 0.3 is 0 Å². The average molecular weight is 262 g/mol. The van der Waals surface area contributed by atoms with E-state index < -0.39 is 0 Å². The van der Waals surface area contributed by atoms with Crippen LogP contribution in [0.1, 0.15) is 61.6 Å². The topological polar surface area (TPSA) is 46.3 Å². The van der Waals surface area contributed by atoms with Gasteiger partial charge in [0.2, 0.25) is 5.91 Å². The molecule has 4 nitrogen and oxygen atoms in total. The quantitative estimate of drug-likeness (QED) is 0.822. The van der Waals surface area contributed by atoms with Crippen molar-refractivity contribution < 1.29 is 9.32 Å². The van der Waals surface area contributed by atoms with Crippen LogP contribution < -0.4 is 0 Å². The lowest BCUT2D eigenvalue weighted by Gasteiger charge is -2.27. The molecule has 2 heterocycles. The molecule has 0 aromatic carbocycles. The Labute approximate surface area is 114 Å². The molecular weight excluding hydrogens is 240 g/mol. The molecule has 1 saturated carbocycles. The Morgan fingerprint density at radius 1 is 1.21 bits per heavy atom. The van der Waals surface area contributed by atoms with E-state index in [0.717, 1.165) is 49.2 Å². The maximum atomic E-state index is 12.7. The summed E-state index contributed by atoms with van der Waals surface area (Å²) in [5, 5.41) is 4.04. The van der Waals surface area contributed by atoms with E-state index in [0.29, 0.717) is 5.91 Å². The van der Waals surface area contributed by atoms with Gasteiger partial charge in [-0.15, -0.1) is 0 Å². The Morgan fingerprint density at radius 2 is 1.95 bits per heavy atom. The fourth-order valence-corrected chi connectivity index (χ4v) is 3.70. The molecule has 1 atom stereocenters. The first-order valence-corrected chi connectivity index (χ1v) is 7.41. The number of carbonyl (C=O) groups excluding carboxylic acids is 1. The average Bonchev–Trinajstić information content (AvgIpc) is 3.10. The Bertz CT molecular complexity index is 455. The van der Waals surface area contributed by atoms with Gasteiger partial charge in [0.15, 0.2) is 0 Å². The highest BCUT2D eigenvalue weighted by atomic mass is 16.5. The molecule has 0 N–H and O–H groups in total. The lowest BCUT2D eigenvalue weighted by molar-refractivity contribution is -0.136. The van der Waals surface area contributed by atoms with Crippen LogP contribution in [0.15, 0.2) is 4.52 Å². The molecule has 4 heteroatoms. The monoisotopic (exact) mass is 262 g/mol. The highest BCUT2D eigenvalue weighted by Crippen LogP contribution is 2.38. The fraction of sp³-hybridized carbons (Fsp3) is 0.733. The molecule has 1 saturated heterocycles. The lowest BCUT2D eigenvalue weighted by Crippen LogP contribution is -2.35. The van der Waals surface area contributed by atoms with E-state index in [2.05, 4.69) is 10.1 Å².